The average molecular weight is 457 g/mol. The third-order valence-electron chi connectivity index (χ3n) is 4.75. The molecule has 1 aliphatic rings. The highest BCUT2D eigenvalue weighted by atomic mass is 79.9. The minimum Gasteiger partial charge on any atom is -0.385 e. The summed E-state index contributed by atoms with van der Waals surface area (Å²) in [5, 5.41) is 10.8. The normalized spacial score (nSPS) is 19.2. The smallest absolute Gasteiger partial charge is 0.102 e. The third kappa shape index (κ3) is 5.29. The van der Waals surface area contributed by atoms with E-state index in [0.29, 0.717) is 0 Å². The zero-order chi connectivity index (χ0) is 17.8. The Morgan fingerprint density at radius 3 is 2.29 bits per heavy atom. The van der Waals surface area contributed by atoms with Crippen LogP contribution in [0.1, 0.15) is 44.7 Å². The molecule has 2 rings (SSSR count). The van der Waals surface area contributed by atoms with Gasteiger partial charge in [-0.15, -0.1) is 0 Å². The minimum atomic E-state index is -0.793. The molecule has 0 saturated carbocycles. The Kier molecular flexibility index (Phi) is 6.89. The summed E-state index contributed by atoms with van der Waals surface area (Å²) in [5.41, 5.74) is 2.59. The summed E-state index contributed by atoms with van der Waals surface area (Å²) in [6.45, 7) is 9.19. The van der Waals surface area contributed by atoms with Crippen LogP contribution in [0.15, 0.2) is 42.5 Å². The Bertz CT molecular complexity index is 599. The van der Waals surface area contributed by atoms with Crippen molar-refractivity contribution in [3.63, 3.8) is 0 Å². The fourth-order valence-electron chi connectivity index (χ4n) is 2.89. The monoisotopic (exact) mass is 455 g/mol. The first kappa shape index (κ1) is 19.9. The molecule has 1 aromatic rings. The molecule has 1 atom stereocenters. The van der Waals surface area contributed by atoms with Gasteiger partial charge < -0.3 is 10.0 Å². The Morgan fingerprint density at radius 1 is 1.17 bits per heavy atom. The molecule has 132 valence electrons. The Hall–Kier alpha value is -0.420. The first-order valence-electron chi connectivity index (χ1n) is 8.60. The van der Waals surface area contributed by atoms with Crippen LogP contribution in [0.3, 0.4) is 0 Å². The van der Waals surface area contributed by atoms with Crippen LogP contribution in [-0.4, -0.2) is 32.9 Å². The van der Waals surface area contributed by atoms with Gasteiger partial charge in [-0.05, 0) is 49.6 Å². The molecule has 0 fully saturated rings. The lowest BCUT2D eigenvalue weighted by Crippen LogP contribution is -2.31. The van der Waals surface area contributed by atoms with Gasteiger partial charge in [-0.1, -0.05) is 88.2 Å². The number of hydrogen-bond donors (Lipinski definition) is 1. The number of allylic oxidation sites excluding steroid dienone is 4. The largest absolute Gasteiger partial charge is 0.385 e. The summed E-state index contributed by atoms with van der Waals surface area (Å²) in [4.78, 5) is 2.34. The fraction of sp³-hybridized carbons (Fsp3) is 0.500. The summed E-state index contributed by atoms with van der Waals surface area (Å²) >= 11 is 7.24. The van der Waals surface area contributed by atoms with E-state index in [9.17, 15) is 5.11 Å². The topological polar surface area (TPSA) is 23.5 Å². The number of aliphatic hydroxyl groups is 1. The molecule has 0 spiro atoms. The van der Waals surface area contributed by atoms with Gasteiger partial charge in [-0.25, -0.2) is 0 Å². The molecule has 2 nitrogen and oxygen atoms in total. The number of benzene rings is 1. The van der Waals surface area contributed by atoms with Gasteiger partial charge in [0.25, 0.3) is 0 Å². The second-order valence-electron chi connectivity index (χ2n) is 6.59. The Balaban J connectivity index is 2.06. The summed E-state index contributed by atoms with van der Waals surface area (Å²) in [6, 6.07) is 8.31. The molecule has 0 saturated heterocycles. The zero-order valence-corrected chi connectivity index (χ0v) is 17.9. The lowest BCUT2D eigenvalue weighted by Gasteiger charge is -2.28. The Morgan fingerprint density at radius 2 is 1.79 bits per heavy atom. The van der Waals surface area contributed by atoms with Gasteiger partial charge in [0.15, 0.2) is 0 Å². The Labute approximate surface area is 162 Å². The van der Waals surface area contributed by atoms with Crippen LogP contribution < -0.4 is 0 Å². The van der Waals surface area contributed by atoms with Gasteiger partial charge in [-0.3, -0.25) is 0 Å². The molecule has 1 aromatic carbocycles. The molecule has 1 unspecified atom stereocenters. The summed E-state index contributed by atoms with van der Waals surface area (Å²) < 4.78 is -0.114. The first-order valence-corrected chi connectivity index (χ1v) is 10.2. The molecule has 0 radical (unpaired) electrons. The van der Waals surface area contributed by atoms with Crippen LogP contribution >= 0.6 is 31.9 Å². The van der Waals surface area contributed by atoms with E-state index >= 15 is 0 Å². The third-order valence-corrected chi connectivity index (χ3v) is 5.93. The highest BCUT2D eigenvalue weighted by molar-refractivity contribution is 9.25. The summed E-state index contributed by atoms with van der Waals surface area (Å²) in [7, 11) is 0. The average Bonchev–Trinajstić information content (AvgIpc) is 2.56. The molecule has 0 bridgehead atoms. The minimum absolute atomic E-state index is 0.114. The second-order valence-corrected chi connectivity index (χ2v) is 10.5. The molecule has 1 aliphatic carbocycles. The van der Waals surface area contributed by atoms with Gasteiger partial charge in [0, 0.05) is 6.54 Å². The standard InChI is InChI=1S/C20H27Br2NO/c1-4-23(5-2)15-14-19(3,24)18-8-6-16(7-9-18)17-10-12-20(21,22)13-11-17/h6-12,24H,4-5,13-15H2,1-3H3. The first-order chi connectivity index (χ1) is 11.3. The van der Waals surface area contributed by atoms with Crippen LogP contribution in [0, 0.1) is 0 Å². The van der Waals surface area contributed by atoms with E-state index in [2.05, 4.69) is 93.1 Å². The van der Waals surface area contributed by atoms with E-state index in [4.69, 9.17) is 0 Å². The van der Waals surface area contributed by atoms with Crippen molar-refractivity contribution >= 4 is 37.4 Å². The number of alkyl halides is 2. The predicted molar refractivity (Wildman–Crippen MR) is 111 cm³/mol. The quantitative estimate of drug-likeness (QED) is 0.551. The maximum atomic E-state index is 10.8. The van der Waals surface area contributed by atoms with Crippen molar-refractivity contribution < 1.29 is 5.11 Å². The van der Waals surface area contributed by atoms with Gasteiger partial charge in [0.05, 0.1) is 5.60 Å². The molecule has 0 aromatic heterocycles. The molecule has 1 N–H and O–H groups in total. The molecule has 24 heavy (non-hydrogen) atoms. The van der Waals surface area contributed by atoms with E-state index in [1.54, 1.807) is 0 Å². The van der Waals surface area contributed by atoms with Crippen LogP contribution in [0.4, 0.5) is 0 Å². The van der Waals surface area contributed by atoms with Gasteiger partial charge in [-0.2, -0.15) is 0 Å². The van der Waals surface area contributed by atoms with Crippen LogP contribution in [0.5, 0.6) is 0 Å². The summed E-state index contributed by atoms with van der Waals surface area (Å²) in [5.74, 6) is 0. The number of rotatable bonds is 7. The lowest BCUT2D eigenvalue weighted by molar-refractivity contribution is 0.0369. The van der Waals surface area contributed by atoms with Crippen molar-refractivity contribution in [3.05, 3.63) is 53.6 Å². The lowest BCUT2D eigenvalue weighted by atomic mass is 9.90. The SMILES string of the molecule is CCN(CC)CCC(C)(O)c1ccc(C2=CCC(Br)(Br)C=C2)cc1. The van der Waals surface area contributed by atoms with Crippen molar-refractivity contribution in [2.75, 3.05) is 19.6 Å². The maximum absolute atomic E-state index is 10.8. The van der Waals surface area contributed by atoms with Crippen molar-refractivity contribution in [2.45, 2.75) is 42.4 Å². The summed E-state index contributed by atoms with van der Waals surface area (Å²) in [6.07, 6.45) is 8.11. The molecular weight excluding hydrogens is 430 g/mol. The van der Waals surface area contributed by atoms with Crippen molar-refractivity contribution in [3.8, 4) is 0 Å². The molecule has 0 amide bonds. The molecule has 4 heteroatoms. The van der Waals surface area contributed by atoms with E-state index in [0.717, 1.165) is 38.0 Å². The zero-order valence-electron chi connectivity index (χ0n) is 14.7. The fourth-order valence-corrected chi connectivity index (χ4v) is 3.48. The molecule has 0 aliphatic heterocycles. The number of nitrogens with zero attached hydrogens (tertiary/aromatic N) is 1. The van der Waals surface area contributed by atoms with Gasteiger partial charge >= 0.3 is 0 Å². The second kappa shape index (κ2) is 8.31. The highest BCUT2D eigenvalue weighted by Gasteiger charge is 2.24. The van der Waals surface area contributed by atoms with E-state index in [1.165, 1.54) is 11.1 Å². The van der Waals surface area contributed by atoms with Crippen LogP contribution in [0.2, 0.25) is 0 Å². The van der Waals surface area contributed by atoms with Crippen molar-refractivity contribution in [1.29, 1.82) is 0 Å². The van der Waals surface area contributed by atoms with E-state index < -0.39 is 5.60 Å². The maximum Gasteiger partial charge on any atom is 0.102 e. The highest BCUT2D eigenvalue weighted by Crippen LogP contribution is 2.38. The molecule has 0 heterocycles. The van der Waals surface area contributed by atoms with Crippen LogP contribution in [0.25, 0.3) is 5.57 Å². The van der Waals surface area contributed by atoms with E-state index in [1.807, 2.05) is 6.92 Å². The van der Waals surface area contributed by atoms with Gasteiger partial charge in [0.2, 0.25) is 0 Å². The van der Waals surface area contributed by atoms with Gasteiger partial charge in [0.1, 0.15) is 3.23 Å². The number of hydrogen-bond acceptors (Lipinski definition) is 2. The van der Waals surface area contributed by atoms with Crippen LogP contribution in [-0.2, 0) is 5.60 Å². The number of halogens is 2. The van der Waals surface area contributed by atoms with Crippen molar-refractivity contribution in [1.82, 2.24) is 4.90 Å². The van der Waals surface area contributed by atoms with E-state index in [-0.39, 0.29) is 3.23 Å². The van der Waals surface area contributed by atoms with Crippen molar-refractivity contribution in [2.24, 2.45) is 0 Å². The molecular formula is C20H27Br2NO. The predicted octanol–water partition coefficient (Wildman–Crippen LogP) is 5.46.